The van der Waals surface area contributed by atoms with Gasteiger partial charge in [0.25, 0.3) is 0 Å². The number of aryl methyl sites for hydroxylation is 1. The van der Waals surface area contributed by atoms with Crippen molar-refractivity contribution in [3.05, 3.63) is 11.4 Å². The van der Waals surface area contributed by atoms with Crippen LogP contribution in [0.4, 0.5) is 0 Å². The van der Waals surface area contributed by atoms with Crippen molar-refractivity contribution < 1.29 is 23.1 Å². The fraction of sp³-hybridized carbons (Fsp3) is 0.545. The lowest BCUT2D eigenvalue weighted by molar-refractivity contribution is -0.121. The number of carbonyl (C=O) groups excluding carboxylic acids is 1. The van der Waals surface area contributed by atoms with Gasteiger partial charge in [-0.05, 0) is 20.8 Å². The molecule has 0 saturated heterocycles. The summed E-state index contributed by atoms with van der Waals surface area (Å²) in [4.78, 5) is 21.9. The average Bonchev–Trinajstić information content (AvgIpc) is 2.70. The van der Waals surface area contributed by atoms with Crippen molar-refractivity contribution in [3.63, 3.8) is 0 Å². The van der Waals surface area contributed by atoms with Gasteiger partial charge in [-0.25, -0.2) is 17.9 Å². The molecule has 0 saturated carbocycles. The summed E-state index contributed by atoms with van der Waals surface area (Å²) in [5.74, 6) is -1.74. The monoisotopic (exact) mass is 318 g/mol. The number of nitrogens with zero attached hydrogens (tertiary/aromatic N) is 1. The molecule has 0 radical (unpaired) electrons. The molecule has 0 aliphatic rings. The highest BCUT2D eigenvalue weighted by Crippen LogP contribution is 2.17. The second-order valence-corrected chi connectivity index (χ2v) is 6.41. The first-order chi connectivity index (χ1) is 9.65. The Bertz CT molecular complexity index is 635. The van der Waals surface area contributed by atoms with Gasteiger partial charge in [-0.3, -0.25) is 9.89 Å². The van der Waals surface area contributed by atoms with Crippen molar-refractivity contribution in [2.75, 3.05) is 6.54 Å². The molecule has 9 nitrogen and oxygen atoms in total. The zero-order valence-corrected chi connectivity index (χ0v) is 12.7. The maximum atomic E-state index is 12.1. The molecular formula is C11H18N4O5S. The molecule has 0 atom stereocenters. The Kier molecular flexibility index (Phi) is 5.44. The lowest BCUT2D eigenvalue weighted by Gasteiger charge is -2.09. The third-order valence-electron chi connectivity index (χ3n) is 2.46. The largest absolute Gasteiger partial charge is 0.476 e. The zero-order valence-electron chi connectivity index (χ0n) is 11.9. The minimum atomic E-state index is -4.05. The molecule has 118 valence electrons. The number of carboxylic acids is 1. The van der Waals surface area contributed by atoms with Crippen LogP contribution in [0.15, 0.2) is 4.90 Å². The Hall–Kier alpha value is -1.94. The number of aromatic amines is 1. The van der Waals surface area contributed by atoms with E-state index in [2.05, 4.69) is 20.2 Å². The van der Waals surface area contributed by atoms with Gasteiger partial charge in [0.05, 0.1) is 5.69 Å². The first-order valence-corrected chi connectivity index (χ1v) is 7.70. The Morgan fingerprint density at radius 2 is 2.00 bits per heavy atom. The van der Waals surface area contributed by atoms with Crippen molar-refractivity contribution in [2.24, 2.45) is 0 Å². The summed E-state index contributed by atoms with van der Waals surface area (Å²) in [7, 11) is -4.05. The van der Waals surface area contributed by atoms with Crippen LogP contribution < -0.4 is 10.0 Å². The zero-order chi connectivity index (χ0) is 16.2. The molecule has 0 unspecified atom stereocenters. The molecule has 1 rings (SSSR count). The van der Waals surface area contributed by atoms with Crippen molar-refractivity contribution in [1.29, 1.82) is 0 Å². The van der Waals surface area contributed by atoms with E-state index < -0.39 is 26.6 Å². The van der Waals surface area contributed by atoms with Crippen LogP contribution in [-0.4, -0.2) is 48.2 Å². The van der Waals surface area contributed by atoms with Gasteiger partial charge >= 0.3 is 5.97 Å². The molecular weight excluding hydrogens is 300 g/mol. The minimum Gasteiger partial charge on any atom is -0.476 e. The fourth-order valence-electron chi connectivity index (χ4n) is 1.66. The molecule has 21 heavy (non-hydrogen) atoms. The number of hydrogen-bond donors (Lipinski definition) is 4. The SMILES string of the molecule is Cc1[nH]nc(C(=O)O)c1S(=O)(=O)NCCC(=O)NC(C)C. The molecule has 0 bridgehead atoms. The predicted octanol–water partition coefficient (Wildman–Crippen LogP) is -0.391. The molecule has 0 spiro atoms. The molecule has 0 aliphatic carbocycles. The Labute approximate surface area is 122 Å². The summed E-state index contributed by atoms with van der Waals surface area (Å²) >= 11 is 0. The number of amides is 1. The van der Waals surface area contributed by atoms with Crippen molar-refractivity contribution in [1.82, 2.24) is 20.2 Å². The van der Waals surface area contributed by atoms with Crippen LogP contribution in [0.2, 0.25) is 0 Å². The van der Waals surface area contributed by atoms with Gasteiger partial charge < -0.3 is 10.4 Å². The van der Waals surface area contributed by atoms with Gasteiger partial charge in [-0.15, -0.1) is 0 Å². The molecule has 1 aromatic rings. The van der Waals surface area contributed by atoms with Crippen molar-refractivity contribution in [2.45, 2.75) is 38.1 Å². The molecule has 1 aromatic heterocycles. The summed E-state index contributed by atoms with van der Waals surface area (Å²) < 4.78 is 26.3. The number of nitrogens with one attached hydrogen (secondary N) is 3. The summed E-state index contributed by atoms with van der Waals surface area (Å²) in [6, 6.07) is -0.0381. The van der Waals surface area contributed by atoms with E-state index in [1.807, 2.05) is 0 Å². The number of H-pyrrole nitrogens is 1. The van der Waals surface area contributed by atoms with E-state index in [1.54, 1.807) is 13.8 Å². The van der Waals surface area contributed by atoms with E-state index in [4.69, 9.17) is 5.11 Å². The van der Waals surface area contributed by atoms with Gasteiger partial charge in [0.15, 0.2) is 5.69 Å². The number of aromatic carboxylic acids is 1. The van der Waals surface area contributed by atoms with Crippen LogP contribution in [0.3, 0.4) is 0 Å². The van der Waals surface area contributed by atoms with E-state index in [1.165, 1.54) is 6.92 Å². The quantitative estimate of drug-likeness (QED) is 0.539. The molecule has 1 heterocycles. The molecule has 4 N–H and O–H groups in total. The van der Waals surface area contributed by atoms with Crippen LogP contribution >= 0.6 is 0 Å². The molecule has 10 heteroatoms. The van der Waals surface area contributed by atoms with Crippen LogP contribution in [0.25, 0.3) is 0 Å². The van der Waals surface area contributed by atoms with E-state index in [0.29, 0.717) is 0 Å². The van der Waals surface area contributed by atoms with Gasteiger partial charge in [0.2, 0.25) is 15.9 Å². The highest BCUT2D eigenvalue weighted by atomic mass is 32.2. The molecule has 0 aromatic carbocycles. The van der Waals surface area contributed by atoms with E-state index >= 15 is 0 Å². The first-order valence-electron chi connectivity index (χ1n) is 6.22. The van der Waals surface area contributed by atoms with Crippen LogP contribution in [0, 0.1) is 6.92 Å². The molecule has 1 amide bonds. The average molecular weight is 318 g/mol. The minimum absolute atomic E-state index is 0.0381. The standard InChI is InChI=1S/C11H18N4O5S/c1-6(2)13-8(16)4-5-12-21(19,20)10-7(3)14-15-9(10)11(17)18/h6,12H,4-5H2,1-3H3,(H,13,16)(H,14,15)(H,17,18). The predicted molar refractivity (Wildman–Crippen MR) is 73.4 cm³/mol. The summed E-state index contributed by atoms with van der Waals surface area (Å²) in [6.07, 6.45) is -0.0449. The second kappa shape index (κ2) is 6.68. The first kappa shape index (κ1) is 17.1. The third-order valence-corrected chi connectivity index (χ3v) is 4.08. The van der Waals surface area contributed by atoms with Gasteiger partial charge in [0.1, 0.15) is 4.90 Å². The normalized spacial score (nSPS) is 11.6. The summed E-state index contributed by atoms with van der Waals surface area (Å²) in [5.41, 5.74) is -0.460. The van der Waals surface area contributed by atoms with E-state index in [9.17, 15) is 18.0 Å². The Morgan fingerprint density at radius 1 is 1.38 bits per heavy atom. The maximum absolute atomic E-state index is 12.1. The van der Waals surface area contributed by atoms with Crippen LogP contribution in [-0.2, 0) is 14.8 Å². The van der Waals surface area contributed by atoms with Crippen molar-refractivity contribution >= 4 is 21.9 Å². The maximum Gasteiger partial charge on any atom is 0.357 e. The Morgan fingerprint density at radius 3 is 2.52 bits per heavy atom. The van der Waals surface area contributed by atoms with E-state index in [0.717, 1.165) is 0 Å². The third kappa shape index (κ3) is 4.53. The topological polar surface area (TPSA) is 141 Å². The van der Waals surface area contributed by atoms with Gasteiger partial charge in [-0.2, -0.15) is 5.10 Å². The number of sulfonamides is 1. The van der Waals surface area contributed by atoms with E-state index in [-0.39, 0.29) is 30.6 Å². The second-order valence-electron chi connectivity index (χ2n) is 4.70. The highest BCUT2D eigenvalue weighted by molar-refractivity contribution is 7.89. The summed E-state index contributed by atoms with van der Waals surface area (Å²) in [6.45, 7) is 4.84. The number of hydrogen-bond acceptors (Lipinski definition) is 5. The number of rotatable bonds is 7. The smallest absolute Gasteiger partial charge is 0.357 e. The van der Waals surface area contributed by atoms with Gasteiger partial charge in [-0.1, -0.05) is 0 Å². The Balaban J connectivity index is 2.77. The number of carbonyl (C=O) groups is 2. The highest BCUT2D eigenvalue weighted by Gasteiger charge is 2.27. The number of carboxylic acid groups (broad SMARTS) is 1. The lowest BCUT2D eigenvalue weighted by Crippen LogP contribution is -2.34. The lowest BCUT2D eigenvalue weighted by atomic mass is 10.3. The van der Waals surface area contributed by atoms with Crippen LogP contribution in [0.1, 0.15) is 36.5 Å². The molecule has 0 aliphatic heterocycles. The summed E-state index contributed by atoms with van der Waals surface area (Å²) in [5, 5.41) is 17.3. The fourth-order valence-corrected chi connectivity index (χ4v) is 3.01. The van der Waals surface area contributed by atoms with Gasteiger partial charge in [0, 0.05) is 19.0 Å². The van der Waals surface area contributed by atoms with Crippen molar-refractivity contribution in [3.8, 4) is 0 Å². The number of aromatic nitrogens is 2. The molecule has 0 fully saturated rings. The van der Waals surface area contributed by atoms with Crippen LogP contribution in [0.5, 0.6) is 0 Å².